The van der Waals surface area contributed by atoms with E-state index in [9.17, 15) is 14.0 Å². The van der Waals surface area contributed by atoms with E-state index in [1.165, 1.54) is 19.1 Å². The SMILES string of the molecule is CC(=O)c1ccc(C(=O)NCC2Cc3cc(F)cc(-c4nc(C)cnc4C)c3O2)s1. The maximum absolute atomic E-state index is 14.3. The molecule has 0 aliphatic carbocycles. The molecule has 1 unspecified atom stereocenters. The van der Waals surface area contributed by atoms with E-state index in [1.54, 1.807) is 18.3 Å². The van der Waals surface area contributed by atoms with Gasteiger partial charge in [0.25, 0.3) is 5.91 Å². The van der Waals surface area contributed by atoms with Crippen molar-refractivity contribution >= 4 is 23.0 Å². The minimum atomic E-state index is -0.366. The van der Waals surface area contributed by atoms with E-state index >= 15 is 0 Å². The van der Waals surface area contributed by atoms with Crippen molar-refractivity contribution in [1.82, 2.24) is 15.3 Å². The number of amides is 1. The van der Waals surface area contributed by atoms with Gasteiger partial charge >= 0.3 is 0 Å². The Morgan fingerprint density at radius 1 is 1.27 bits per heavy atom. The molecule has 4 rings (SSSR count). The monoisotopic (exact) mass is 425 g/mol. The second-order valence-electron chi connectivity index (χ2n) is 7.26. The largest absolute Gasteiger partial charge is 0.487 e. The number of halogens is 1. The van der Waals surface area contributed by atoms with Gasteiger partial charge in [-0.1, -0.05) is 0 Å². The van der Waals surface area contributed by atoms with Crippen LogP contribution in [0.5, 0.6) is 5.75 Å². The molecule has 3 aromatic rings. The summed E-state index contributed by atoms with van der Waals surface area (Å²) in [5.41, 5.74) is 3.31. The Morgan fingerprint density at radius 3 is 2.77 bits per heavy atom. The molecule has 1 aliphatic heterocycles. The standard InChI is InChI=1S/C22H20FN3O3S/c1-11-9-24-12(2)20(26-11)17-8-15(23)6-14-7-16(29-21(14)17)10-25-22(28)19-5-4-18(30-19)13(3)27/h4-6,8-9,16H,7,10H2,1-3H3,(H,25,28). The van der Waals surface area contributed by atoms with Crippen molar-refractivity contribution in [2.24, 2.45) is 0 Å². The van der Waals surface area contributed by atoms with Crippen LogP contribution >= 0.6 is 11.3 Å². The van der Waals surface area contributed by atoms with Crippen LogP contribution in [0.4, 0.5) is 4.39 Å². The molecule has 154 valence electrons. The molecular weight excluding hydrogens is 405 g/mol. The van der Waals surface area contributed by atoms with Crippen molar-refractivity contribution < 1.29 is 18.7 Å². The fraction of sp³-hybridized carbons (Fsp3) is 0.273. The van der Waals surface area contributed by atoms with E-state index in [0.29, 0.717) is 38.9 Å². The van der Waals surface area contributed by atoms with Gasteiger partial charge in [-0.25, -0.2) is 9.37 Å². The number of aromatic nitrogens is 2. The first-order valence-corrected chi connectivity index (χ1v) is 10.3. The van der Waals surface area contributed by atoms with Crippen LogP contribution in [0.3, 0.4) is 0 Å². The van der Waals surface area contributed by atoms with Crippen LogP contribution in [-0.2, 0) is 6.42 Å². The first-order valence-electron chi connectivity index (χ1n) is 9.50. The fourth-order valence-electron chi connectivity index (χ4n) is 3.42. The molecule has 0 saturated carbocycles. The minimum absolute atomic E-state index is 0.0716. The number of Topliss-reactive ketones (excluding diaryl/α,β-unsaturated/α-hetero) is 1. The van der Waals surface area contributed by atoms with Crippen LogP contribution in [-0.4, -0.2) is 34.3 Å². The zero-order valence-corrected chi connectivity index (χ0v) is 17.6. The number of hydrogen-bond donors (Lipinski definition) is 1. The number of thiophene rings is 1. The van der Waals surface area contributed by atoms with Crippen molar-refractivity contribution in [3.63, 3.8) is 0 Å². The van der Waals surface area contributed by atoms with Crippen molar-refractivity contribution in [2.45, 2.75) is 33.3 Å². The van der Waals surface area contributed by atoms with E-state index in [-0.39, 0.29) is 30.2 Å². The number of ketones is 1. The Kier molecular flexibility index (Phi) is 5.34. The number of benzene rings is 1. The van der Waals surface area contributed by atoms with Crippen molar-refractivity contribution in [3.8, 4) is 17.0 Å². The van der Waals surface area contributed by atoms with Crippen LogP contribution in [0.15, 0.2) is 30.5 Å². The Morgan fingerprint density at radius 2 is 2.03 bits per heavy atom. The lowest BCUT2D eigenvalue weighted by Gasteiger charge is -2.14. The predicted octanol–water partition coefficient (Wildman–Crippen LogP) is 3.90. The average molecular weight is 425 g/mol. The van der Waals surface area contributed by atoms with Crippen LogP contribution in [0.1, 0.15) is 43.2 Å². The number of rotatable bonds is 5. The quantitative estimate of drug-likeness (QED) is 0.627. The van der Waals surface area contributed by atoms with E-state index in [4.69, 9.17) is 4.74 Å². The molecule has 1 aromatic carbocycles. The normalized spacial score (nSPS) is 14.9. The van der Waals surface area contributed by atoms with Gasteiger partial charge in [-0.2, -0.15) is 0 Å². The van der Waals surface area contributed by atoms with Gasteiger partial charge in [0.2, 0.25) is 0 Å². The second-order valence-corrected chi connectivity index (χ2v) is 8.34. The van der Waals surface area contributed by atoms with Crippen LogP contribution in [0.2, 0.25) is 0 Å². The van der Waals surface area contributed by atoms with Crippen molar-refractivity contribution in [2.75, 3.05) is 6.54 Å². The summed E-state index contributed by atoms with van der Waals surface area (Å²) >= 11 is 1.16. The Bertz CT molecular complexity index is 1160. The van der Waals surface area contributed by atoms with Crippen LogP contribution < -0.4 is 10.1 Å². The molecule has 1 amide bonds. The third kappa shape index (κ3) is 3.95. The third-order valence-electron chi connectivity index (χ3n) is 4.86. The number of aryl methyl sites for hydroxylation is 2. The summed E-state index contributed by atoms with van der Waals surface area (Å²) in [6.07, 6.45) is 1.82. The number of hydrogen-bond acceptors (Lipinski definition) is 6. The molecule has 0 fully saturated rings. The first-order chi connectivity index (χ1) is 14.3. The molecule has 1 N–H and O–H groups in total. The summed E-state index contributed by atoms with van der Waals surface area (Å²) in [5.74, 6) is -0.125. The Balaban J connectivity index is 1.51. The molecule has 6 nitrogen and oxygen atoms in total. The smallest absolute Gasteiger partial charge is 0.261 e. The highest BCUT2D eigenvalue weighted by molar-refractivity contribution is 7.15. The molecule has 2 aromatic heterocycles. The highest BCUT2D eigenvalue weighted by Crippen LogP contribution is 2.39. The number of carbonyl (C=O) groups excluding carboxylic acids is 2. The van der Waals surface area contributed by atoms with Gasteiger partial charge in [-0.05, 0) is 45.0 Å². The zero-order chi connectivity index (χ0) is 21.4. The van der Waals surface area contributed by atoms with Gasteiger partial charge in [0.05, 0.1) is 33.4 Å². The second kappa shape index (κ2) is 7.95. The first kappa shape index (κ1) is 20.2. The minimum Gasteiger partial charge on any atom is -0.487 e. The topological polar surface area (TPSA) is 81.2 Å². The van der Waals surface area contributed by atoms with Gasteiger partial charge < -0.3 is 10.1 Å². The lowest BCUT2D eigenvalue weighted by Crippen LogP contribution is -2.34. The number of nitrogens with zero attached hydrogens (tertiary/aromatic N) is 2. The lowest BCUT2D eigenvalue weighted by molar-refractivity contribution is 0.0937. The number of carbonyl (C=O) groups is 2. The predicted molar refractivity (Wildman–Crippen MR) is 112 cm³/mol. The van der Waals surface area contributed by atoms with E-state index < -0.39 is 0 Å². The average Bonchev–Trinajstić information content (AvgIpc) is 3.34. The summed E-state index contributed by atoms with van der Waals surface area (Å²) in [5, 5.41) is 2.84. The molecule has 0 saturated heterocycles. The number of ether oxygens (including phenoxy) is 1. The van der Waals surface area contributed by atoms with Gasteiger partial charge in [-0.15, -0.1) is 11.3 Å². The fourth-order valence-corrected chi connectivity index (χ4v) is 4.24. The van der Waals surface area contributed by atoms with Gasteiger partial charge in [0.1, 0.15) is 17.7 Å². The maximum atomic E-state index is 14.3. The van der Waals surface area contributed by atoms with Crippen LogP contribution in [0, 0.1) is 19.7 Å². The number of fused-ring (bicyclic) bond motifs is 1. The number of nitrogens with one attached hydrogen (secondary N) is 1. The zero-order valence-electron chi connectivity index (χ0n) is 16.8. The molecule has 0 bridgehead atoms. The lowest BCUT2D eigenvalue weighted by atomic mass is 10.0. The summed E-state index contributed by atoms with van der Waals surface area (Å²) < 4.78 is 20.3. The van der Waals surface area contributed by atoms with E-state index in [2.05, 4.69) is 15.3 Å². The summed E-state index contributed by atoms with van der Waals surface area (Å²) in [4.78, 5) is 33.6. The third-order valence-corrected chi connectivity index (χ3v) is 6.05. The molecule has 1 aliphatic rings. The Labute approximate surface area is 177 Å². The molecule has 1 atom stereocenters. The van der Waals surface area contributed by atoms with Crippen LogP contribution in [0.25, 0.3) is 11.3 Å². The molecule has 0 spiro atoms. The highest BCUT2D eigenvalue weighted by Gasteiger charge is 2.28. The molecular formula is C22H20FN3O3S. The van der Waals surface area contributed by atoms with Gasteiger partial charge in [0, 0.05) is 23.7 Å². The molecule has 8 heteroatoms. The van der Waals surface area contributed by atoms with Gasteiger partial charge in [-0.3, -0.25) is 14.6 Å². The van der Waals surface area contributed by atoms with Gasteiger partial charge in [0.15, 0.2) is 5.78 Å². The maximum Gasteiger partial charge on any atom is 0.261 e. The van der Waals surface area contributed by atoms with E-state index in [1.807, 2.05) is 13.8 Å². The summed E-state index contributed by atoms with van der Waals surface area (Å²) in [7, 11) is 0. The highest BCUT2D eigenvalue weighted by atomic mass is 32.1. The van der Waals surface area contributed by atoms with Crippen molar-refractivity contribution in [3.05, 3.63) is 63.0 Å². The van der Waals surface area contributed by atoms with E-state index in [0.717, 1.165) is 22.6 Å². The molecule has 3 heterocycles. The van der Waals surface area contributed by atoms with Crippen molar-refractivity contribution in [1.29, 1.82) is 0 Å². The summed E-state index contributed by atoms with van der Waals surface area (Å²) in [6, 6.07) is 6.14. The Hall–Kier alpha value is -3.13. The molecule has 0 radical (unpaired) electrons. The molecule has 30 heavy (non-hydrogen) atoms. The summed E-state index contributed by atoms with van der Waals surface area (Å²) in [6.45, 7) is 5.38.